The zero-order valence-corrected chi connectivity index (χ0v) is 18.4. The lowest BCUT2D eigenvalue weighted by Gasteiger charge is -2.18. The fourth-order valence-electron chi connectivity index (χ4n) is 3.50. The molecule has 150 valence electrons. The molecule has 0 spiro atoms. The number of aromatic nitrogens is 3. The molecule has 7 heteroatoms. The van der Waals surface area contributed by atoms with Crippen LogP contribution in [-0.4, -0.2) is 38.5 Å². The highest BCUT2D eigenvalue weighted by Crippen LogP contribution is 2.26. The molecule has 2 heterocycles. The van der Waals surface area contributed by atoms with E-state index in [9.17, 15) is 0 Å². The van der Waals surface area contributed by atoms with Gasteiger partial charge in [0.15, 0.2) is 0 Å². The van der Waals surface area contributed by atoms with Crippen LogP contribution in [0, 0.1) is 0 Å². The van der Waals surface area contributed by atoms with E-state index in [0.29, 0.717) is 0 Å². The number of benzene rings is 2. The van der Waals surface area contributed by atoms with Crippen LogP contribution < -0.4 is 0 Å². The van der Waals surface area contributed by atoms with E-state index in [2.05, 4.69) is 58.2 Å². The summed E-state index contributed by atoms with van der Waals surface area (Å²) in [5, 5.41) is 0.742. The van der Waals surface area contributed by atoms with Gasteiger partial charge in [0.25, 0.3) is 0 Å². The molecule has 2 aromatic heterocycles. The highest BCUT2D eigenvalue weighted by molar-refractivity contribution is 6.30. The standard InChI is InChI=1S/C21H23ClN4.2ClH/c1-3-24(4-2)13-14-25-19-7-5-6-8-20(19)26-15-18(23-21(25)26)16-9-11-17(22)12-10-16;;/h5-12,15H,3-4,13-14H2,1-2H3;2*1H. The van der Waals surface area contributed by atoms with E-state index >= 15 is 0 Å². The SMILES string of the molecule is CCN(CC)CCn1c2ccccc2n2cc(-c3ccc(Cl)cc3)nc12.Cl.Cl. The summed E-state index contributed by atoms with van der Waals surface area (Å²) in [6.45, 7) is 8.50. The summed E-state index contributed by atoms with van der Waals surface area (Å²) in [6, 6.07) is 16.4. The summed E-state index contributed by atoms with van der Waals surface area (Å²) in [5.74, 6) is 0.989. The number of fused-ring (bicyclic) bond motifs is 3. The molecule has 0 saturated heterocycles. The second-order valence-electron chi connectivity index (χ2n) is 6.47. The Kier molecular flexibility index (Phi) is 7.79. The van der Waals surface area contributed by atoms with Gasteiger partial charge in [-0.05, 0) is 37.4 Å². The Hall–Kier alpha value is -1.72. The fraction of sp³-hybridized carbons (Fsp3) is 0.286. The lowest BCUT2D eigenvalue weighted by molar-refractivity contribution is 0.293. The van der Waals surface area contributed by atoms with Gasteiger partial charge < -0.3 is 9.47 Å². The molecule has 0 unspecified atom stereocenters. The minimum absolute atomic E-state index is 0. The fourth-order valence-corrected chi connectivity index (χ4v) is 3.63. The molecule has 2 aromatic carbocycles. The Bertz CT molecular complexity index is 1030. The van der Waals surface area contributed by atoms with Gasteiger partial charge in [0.2, 0.25) is 5.78 Å². The molecular formula is C21H25Cl3N4. The molecule has 4 aromatic rings. The van der Waals surface area contributed by atoms with Crippen LogP contribution in [-0.2, 0) is 6.54 Å². The largest absolute Gasteiger partial charge is 0.308 e. The second kappa shape index (κ2) is 9.66. The number of imidazole rings is 2. The minimum atomic E-state index is 0. The van der Waals surface area contributed by atoms with Gasteiger partial charge in [-0.1, -0.05) is 49.7 Å². The normalized spacial score (nSPS) is 11.0. The zero-order valence-electron chi connectivity index (χ0n) is 16.0. The third-order valence-electron chi connectivity index (χ3n) is 5.04. The first-order chi connectivity index (χ1) is 12.7. The molecule has 0 N–H and O–H groups in total. The van der Waals surface area contributed by atoms with Crippen molar-refractivity contribution in [1.29, 1.82) is 0 Å². The second-order valence-corrected chi connectivity index (χ2v) is 6.91. The molecule has 4 rings (SSSR count). The van der Waals surface area contributed by atoms with E-state index in [1.807, 2.05) is 24.3 Å². The molecule has 28 heavy (non-hydrogen) atoms. The molecule has 0 fully saturated rings. The van der Waals surface area contributed by atoms with Gasteiger partial charge in [-0.25, -0.2) is 4.98 Å². The zero-order chi connectivity index (χ0) is 18.1. The average molecular weight is 440 g/mol. The lowest BCUT2D eigenvalue weighted by atomic mass is 10.2. The van der Waals surface area contributed by atoms with Crippen molar-refractivity contribution in [3.8, 4) is 11.3 Å². The number of nitrogens with zero attached hydrogens (tertiary/aromatic N) is 4. The topological polar surface area (TPSA) is 25.5 Å². The lowest BCUT2D eigenvalue weighted by Crippen LogP contribution is -2.27. The van der Waals surface area contributed by atoms with Crippen LogP contribution in [0.3, 0.4) is 0 Å². The Morgan fingerprint density at radius 3 is 2.21 bits per heavy atom. The summed E-state index contributed by atoms with van der Waals surface area (Å²) >= 11 is 6.02. The molecule has 0 saturated carbocycles. The Morgan fingerprint density at radius 2 is 1.57 bits per heavy atom. The molecule has 4 nitrogen and oxygen atoms in total. The molecule has 0 aliphatic heterocycles. The van der Waals surface area contributed by atoms with Gasteiger partial charge >= 0.3 is 0 Å². The van der Waals surface area contributed by atoms with Crippen LogP contribution >= 0.6 is 36.4 Å². The molecule has 0 aliphatic rings. The third kappa shape index (κ3) is 4.15. The van der Waals surface area contributed by atoms with E-state index in [1.165, 1.54) is 11.0 Å². The van der Waals surface area contributed by atoms with Crippen LogP contribution in [0.4, 0.5) is 0 Å². The molecule has 0 aliphatic carbocycles. The highest BCUT2D eigenvalue weighted by Gasteiger charge is 2.15. The number of likely N-dealkylation sites (N-methyl/N-ethyl adjacent to an activating group) is 1. The molecule has 0 radical (unpaired) electrons. The van der Waals surface area contributed by atoms with Crippen LogP contribution in [0.2, 0.25) is 5.02 Å². The highest BCUT2D eigenvalue weighted by atomic mass is 35.5. The van der Waals surface area contributed by atoms with Crippen molar-refractivity contribution in [1.82, 2.24) is 18.9 Å². The van der Waals surface area contributed by atoms with Gasteiger partial charge in [-0.2, -0.15) is 0 Å². The number of para-hydroxylation sites is 2. The Morgan fingerprint density at radius 1 is 0.929 bits per heavy atom. The van der Waals surface area contributed by atoms with Gasteiger partial charge in [0.1, 0.15) is 0 Å². The quantitative estimate of drug-likeness (QED) is 0.379. The number of hydrogen-bond acceptors (Lipinski definition) is 2. The van der Waals surface area contributed by atoms with E-state index < -0.39 is 0 Å². The number of halogens is 3. The maximum Gasteiger partial charge on any atom is 0.215 e. The predicted octanol–water partition coefficient (Wildman–Crippen LogP) is 5.79. The van der Waals surface area contributed by atoms with Crippen molar-refractivity contribution >= 4 is 53.2 Å². The Balaban J connectivity index is 0.00000140. The third-order valence-corrected chi connectivity index (χ3v) is 5.29. The van der Waals surface area contributed by atoms with Crippen LogP contribution in [0.1, 0.15) is 13.8 Å². The van der Waals surface area contributed by atoms with E-state index in [0.717, 1.165) is 48.2 Å². The molecule has 0 bridgehead atoms. The first-order valence-electron chi connectivity index (χ1n) is 9.16. The molecule has 0 atom stereocenters. The minimum Gasteiger partial charge on any atom is -0.308 e. The van der Waals surface area contributed by atoms with Crippen LogP contribution in [0.25, 0.3) is 28.1 Å². The summed E-state index contributed by atoms with van der Waals surface area (Å²) in [6.07, 6.45) is 2.12. The van der Waals surface area contributed by atoms with Crippen molar-refractivity contribution in [2.45, 2.75) is 20.4 Å². The smallest absolute Gasteiger partial charge is 0.215 e. The van der Waals surface area contributed by atoms with Crippen LogP contribution in [0.5, 0.6) is 0 Å². The Labute approximate surface area is 182 Å². The van der Waals surface area contributed by atoms with E-state index in [4.69, 9.17) is 16.6 Å². The maximum atomic E-state index is 6.02. The van der Waals surface area contributed by atoms with Gasteiger partial charge in [-0.15, -0.1) is 24.8 Å². The summed E-state index contributed by atoms with van der Waals surface area (Å²) < 4.78 is 4.52. The monoisotopic (exact) mass is 438 g/mol. The van der Waals surface area contributed by atoms with Crippen molar-refractivity contribution in [2.75, 3.05) is 19.6 Å². The first kappa shape index (κ1) is 22.6. The van der Waals surface area contributed by atoms with Crippen molar-refractivity contribution in [2.24, 2.45) is 0 Å². The molecular weight excluding hydrogens is 415 g/mol. The summed E-state index contributed by atoms with van der Waals surface area (Å²) in [5.41, 5.74) is 4.47. The maximum absolute atomic E-state index is 6.02. The summed E-state index contributed by atoms with van der Waals surface area (Å²) in [4.78, 5) is 7.38. The van der Waals surface area contributed by atoms with Gasteiger partial charge in [-0.3, -0.25) is 4.40 Å². The van der Waals surface area contributed by atoms with Crippen molar-refractivity contribution in [3.05, 3.63) is 59.8 Å². The predicted molar refractivity (Wildman–Crippen MR) is 123 cm³/mol. The first-order valence-corrected chi connectivity index (χ1v) is 9.53. The summed E-state index contributed by atoms with van der Waals surface area (Å²) in [7, 11) is 0. The van der Waals surface area contributed by atoms with Gasteiger partial charge in [0.05, 0.1) is 16.7 Å². The van der Waals surface area contributed by atoms with Gasteiger partial charge in [0, 0.05) is 29.9 Å². The number of rotatable bonds is 6. The number of hydrogen-bond donors (Lipinski definition) is 0. The van der Waals surface area contributed by atoms with Crippen molar-refractivity contribution < 1.29 is 0 Å². The van der Waals surface area contributed by atoms with Crippen molar-refractivity contribution in [3.63, 3.8) is 0 Å². The molecule has 0 amide bonds. The van der Waals surface area contributed by atoms with E-state index in [-0.39, 0.29) is 24.8 Å². The van der Waals surface area contributed by atoms with E-state index in [1.54, 1.807) is 0 Å². The van der Waals surface area contributed by atoms with Crippen LogP contribution in [0.15, 0.2) is 54.7 Å². The average Bonchev–Trinajstić information content (AvgIpc) is 3.22.